The van der Waals surface area contributed by atoms with Gasteiger partial charge in [0.2, 0.25) is 0 Å². The van der Waals surface area contributed by atoms with Gasteiger partial charge >= 0.3 is 6.29 Å². The zero-order valence-corrected chi connectivity index (χ0v) is 11.7. The van der Waals surface area contributed by atoms with Crippen LogP contribution < -0.4 is 14.8 Å². The molecule has 110 valence electrons. The molecule has 2 aliphatic rings. The van der Waals surface area contributed by atoms with E-state index in [0.29, 0.717) is 17.9 Å². The van der Waals surface area contributed by atoms with Gasteiger partial charge < -0.3 is 14.8 Å². The number of fused-ring (bicyclic) bond motifs is 1. The average Bonchev–Trinajstić information content (AvgIpc) is 2.68. The predicted octanol–water partition coefficient (Wildman–Crippen LogP) is 4.24. The highest BCUT2D eigenvalue weighted by Gasteiger charge is 2.43. The Labute approximate surface area is 117 Å². The molecular formula is C15H19F2NO2. The third kappa shape index (κ3) is 2.53. The van der Waals surface area contributed by atoms with E-state index in [4.69, 9.17) is 0 Å². The predicted molar refractivity (Wildman–Crippen MR) is 72.2 cm³/mol. The molecule has 5 heteroatoms. The number of hydrogen-bond acceptors (Lipinski definition) is 3. The van der Waals surface area contributed by atoms with E-state index in [2.05, 4.69) is 28.6 Å². The maximum atomic E-state index is 13.0. The Morgan fingerprint density at radius 3 is 2.70 bits per heavy atom. The summed E-state index contributed by atoms with van der Waals surface area (Å²) in [5.74, 6) is 1.43. The Bertz CT molecular complexity index is 507. The molecular weight excluding hydrogens is 264 g/mol. The number of anilines is 1. The van der Waals surface area contributed by atoms with E-state index in [0.717, 1.165) is 12.1 Å². The SMILES string of the molecule is CC1CCCC(Nc2ccc3c(c2)OC(F)(F)O3)C1C. The topological polar surface area (TPSA) is 30.5 Å². The van der Waals surface area contributed by atoms with Crippen LogP contribution in [0.4, 0.5) is 14.5 Å². The van der Waals surface area contributed by atoms with Crippen molar-refractivity contribution in [1.82, 2.24) is 0 Å². The summed E-state index contributed by atoms with van der Waals surface area (Å²) < 4.78 is 34.8. The third-order valence-electron chi connectivity index (χ3n) is 4.46. The van der Waals surface area contributed by atoms with Crippen LogP contribution in [-0.4, -0.2) is 12.3 Å². The molecule has 3 unspecified atom stereocenters. The molecule has 0 aromatic heterocycles. The maximum Gasteiger partial charge on any atom is 0.586 e. The molecule has 3 nitrogen and oxygen atoms in total. The molecule has 0 bridgehead atoms. The second-order valence-electron chi connectivity index (χ2n) is 5.85. The maximum absolute atomic E-state index is 13.0. The van der Waals surface area contributed by atoms with Gasteiger partial charge in [0.25, 0.3) is 0 Å². The van der Waals surface area contributed by atoms with Gasteiger partial charge in [-0.25, -0.2) is 0 Å². The molecule has 20 heavy (non-hydrogen) atoms. The van der Waals surface area contributed by atoms with E-state index < -0.39 is 6.29 Å². The lowest BCUT2D eigenvalue weighted by atomic mass is 9.78. The van der Waals surface area contributed by atoms with Crippen LogP contribution in [0.5, 0.6) is 11.5 Å². The Morgan fingerprint density at radius 2 is 1.90 bits per heavy atom. The number of rotatable bonds is 2. The summed E-state index contributed by atoms with van der Waals surface area (Å²) in [6.07, 6.45) is 0.0161. The molecule has 3 rings (SSSR count). The Kier molecular flexibility index (Phi) is 3.22. The quantitative estimate of drug-likeness (QED) is 0.880. The molecule has 1 aromatic carbocycles. The molecule has 1 aliphatic heterocycles. The monoisotopic (exact) mass is 283 g/mol. The van der Waals surface area contributed by atoms with Crippen molar-refractivity contribution in [2.75, 3.05) is 5.32 Å². The van der Waals surface area contributed by atoms with Gasteiger partial charge in [-0.2, -0.15) is 0 Å². The van der Waals surface area contributed by atoms with Crippen molar-refractivity contribution in [1.29, 1.82) is 0 Å². The first-order valence-electron chi connectivity index (χ1n) is 7.11. The molecule has 3 atom stereocenters. The summed E-state index contributed by atoms with van der Waals surface area (Å²) in [5.41, 5.74) is 0.802. The first kappa shape index (κ1) is 13.5. The van der Waals surface area contributed by atoms with E-state index >= 15 is 0 Å². The van der Waals surface area contributed by atoms with Gasteiger partial charge in [0.1, 0.15) is 0 Å². The van der Waals surface area contributed by atoms with Crippen molar-refractivity contribution in [3.63, 3.8) is 0 Å². The van der Waals surface area contributed by atoms with Gasteiger partial charge in [-0.05, 0) is 30.4 Å². The van der Waals surface area contributed by atoms with Gasteiger partial charge in [0.15, 0.2) is 11.5 Å². The van der Waals surface area contributed by atoms with Crippen LogP contribution >= 0.6 is 0 Å². The van der Waals surface area contributed by atoms with Crippen molar-refractivity contribution < 1.29 is 18.3 Å². The minimum Gasteiger partial charge on any atom is -0.395 e. The minimum atomic E-state index is -3.55. The van der Waals surface area contributed by atoms with Gasteiger partial charge in [-0.3, -0.25) is 0 Å². The molecule has 1 aliphatic carbocycles. The summed E-state index contributed by atoms with van der Waals surface area (Å²) in [6.45, 7) is 4.50. The number of halogens is 2. The number of ether oxygens (including phenoxy) is 2. The fraction of sp³-hybridized carbons (Fsp3) is 0.600. The second-order valence-corrected chi connectivity index (χ2v) is 5.85. The van der Waals surface area contributed by atoms with Crippen LogP contribution in [0.3, 0.4) is 0 Å². The molecule has 0 spiro atoms. The van der Waals surface area contributed by atoms with E-state index in [1.54, 1.807) is 12.1 Å². The lowest BCUT2D eigenvalue weighted by Crippen LogP contribution is -2.34. The van der Waals surface area contributed by atoms with Crippen molar-refractivity contribution in [2.45, 2.75) is 45.4 Å². The standard InChI is InChI=1S/C15H19F2NO2/c1-9-4-3-5-12(10(9)2)18-11-6-7-13-14(8-11)20-15(16,17)19-13/h6-10,12,18H,3-5H2,1-2H3. The van der Waals surface area contributed by atoms with E-state index in [-0.39, 0.29) is 11.5 Å². The largest absolute Gasteiger partial charge is 0.586 e. The molecule has 1 heterocycles. The lowest BCUT2D eigenvalue weighted by Gasteiger charge is -2.35. The van der Waals surface area contributed by atoms with Gasteiger partial charge in [0.05, 0.1) is 0 Å². The molecule has 1 fully saturated rings. The lowest BCUT2D eigenvalue weighted by molar-refractivity contribution is -0.286. The van der Waals surface area contributed by atoms with Crippen LogP contribution in [0, 0.1) is 11.8 Å². The van der Waals surface area contributed by atoms with Gasteiger partial charge in [-0.1, -0.05) is 26.7 Å². The highest BCUT2D eigenvalue weighted by atomic mass is 19.3. The molecule has 1 N–H and O–H groups in total. The van der Waals surface area contributed by atoms with Crippen molar-refractivity contribution in [3.05, 3.63) is 18.2 Å². The normalized spacial score (nSPS) is 31.1. The van der Waals surface area contributed by atoms with Crippen molar-refractivity contribution in [3.8, 4) is 11.5 Å². The van der Waals surface area contributed by atoms with Crippen molar-refractivity contribution >= 4 is 5.69 Å². The number of alkyl halides is 2. The summed E-state index contributed by atoms with van der Waals surface area (Å²) >= 11 is 0. The zero-order valence-electron chi connectivity index (χ0n) is 11.7. The zero-order chi connectivity index (χ0) is 14.3. The molecule has 0 amide bonds. The molecule has 0 radical (unpaired) electrons. The fourth-order valence-corrected chi connectivity index (χ4v) is 3.04. The smallest absolute Gasteiger partial charge is 0.395 e. The summed E-state index contributed by atoms with van der Waals surface area (Å²) in [7, 11) is 0. The summed E-state index contributed by atoms with van der Waals surface area (Å²) in [5, 5.41) is 3.44. The Balaban J connectivity index is 1.73. The second kappa shape index (κ2) is 4.79. The molecule has 0 saturated heterocycles. The van der Waals surface area contributed by atoms with E-state index in [1.165, 1.54) is 18.9 Å². The fourth-order valence-electron chi connectivity index (χ4n) is 3.04. The average molecular weight is 283 g/mol. The minimum absolute atomic E-state index is 0.0885. The summed E-state index contributed by atoms with van der Waals surface area (Å²) in [6, 6.07) is 5.24. The Hall–Kier alpha value is -1.52. The highest BCUT2D eigenvalue weighted by Crippen LogP contribution is 2.42. The van der Waals surface area contributed by atoms with Crippen LogP contribution in [0.25, 0.3) is 0 Å². The number of benzene rings is 1. The summed E-state index contributed by atoms with van der Waals surface area (Å²) in [4.78, 5) is 0. The Morgan fingerprint density at radius 1 is 1.15 bits per heavy atom. The number of hydrogen-bond donors (Lipinski definition) is 1. The van der Waals surface area contributed by atoms with Gasteiger partial charge in [-0.15, -0.1) is 8.78 Å². The van der Waals surface area contributed by atoms with Crippen LogP contribution in [0.15, 0.2) is 18.2 Å². The first-order chi connectivity index (χ1) is 9.44. The number of nitrogens with one attached hydrogen (secondary N) is 1. The molecule has 1 aromatic rings. The van der Waals surface area contributed by atoms with E-state index in [9.17, 15) is 8.78 Å². The molecule has 1 saturated carbocycles. The first-order valence-corrected chi connectivity index (χ1v) is 7.11. The highest BCUT2D eigenvalue weighted by molar-refractivity contribution is 5.56. The van der Waals surface area contributed by atoms with Crippen LogP contribution in [0.2, 0.25) is 0 Å². The van der Waals surface area contributed by atoms with Crippen molar-refractivity contribution in [2.24, 2.45) is 11.8 Å². The van der Waals surface area contributed by atoms with Crippen LogP contribution in [0.1, 0.15) is 33.1 Å². The third-order valence-corrected chi connectivity index (χ3v) is 4.46. The van der Waals surface area contributed by atoms with E-state index in [1.807, 2.05) is 0 Å². The van der Waals surface area contributed by atoms with Gasteiger partial charge in [0, 0.05) is 17.8 Å². The van der Waals surface area contributed by atoms with Crippen LogP contribution in [-0.2, 0) is 0 Å².